The van der Waals surface area contributed by atoms with Crippen LogP contribution in [0.3, 0.4) is 0 Å². The SMILES string of the molecule is O=C(Nc1nn(Cc2ccccc2)cc1Cl)c1cccc(COc2ccc(Br)cc2)c1. The second-order valence-electron chi connectivity index (χ2n) is 6.91. The van der Waals surface area contributed by atoms with E-state index in [0.29, 0.717) is 29.6 Å². The van der Waals surface area contributed by atoms with Gasteiger partial charge in [-0.1, -0.05) is 70.0 Å². The zero-order valence-corrected chi connectivity index (χ0v) is 18.8. The third-order valence-electron chi connectivity index (χ3n) is 4.54. The minimum absolute atomic E-state index is 0.280. The van der Waals surface area contributed by atoms with Crippen molar-refractivity contribution < 1.29 is 9.53 Å². The number of halogens is 2. The molecule has 156 valence electrons. The predicted octanol–water partition coefficient (Wildman–Crippen LogP) is 6.18. The van der Waals surface area contributed by atoms with Crippen LogP contribution in [0.2, 0.25) is 5.02 Å². The lowest BCUT2D eigenvalue weighted by Crippen LogP contribution is -2.13. The molecule has 7 heteroatoms. The van der Waals surface area contributed by atoms with Gasteiger partial charge in [0.25, 0.3) is 5.91 Å². The van der Waals surface area contributed by atoms with E-state index in [1.165, 1.54) is 0 Å². The Labute approximate surface area is 193 Å². The summed E-state index contributed by atoms with van der Waals surface area (Å²) in [5.41, 5.74) is 2.49. The maximum Gasteiger partial charge on any atom is 0.256 e. The number of carbonyl (C=O) groups is 1. The normalized spacial score (nSPS) is 10.6. The van der Waals surface area contributed by atoms with Gasteiger partial charge in [-0.15, -0.1) is 0 Å². The number of nitrogens with one attached hydrogen (secondary N) is 1. The Morgan fingerprint density at radius 1 is 1.00 bits per heavy atom. The highest BCUT2D eigenvalue weighted by Gasteiger charge is 2.13. The fourth-order valence-corrected chi connectivity index (χ4v) is 3.47. The molecule has 0 aliphatic rings. The lowest BCUT2D eigenvalue weighted by atomic mass is 10.1. The van der Waals surface area contributed by atoms with E-state index in [-0.39, 0.29) is 5.91 Å². The summed E-state index contributed by atoms with van der Waals surface area (Å²) in [4.78, 5) is 12.7. The molecule has 3 aromatic carbocycles. The number of hydrogen-bond donors (Lipinski definition) is 1. The molecule has 0 bridgehead atoms. The lowest BCUT2D eigenvalue weighted by Gasteiger charge is -2.08. The molecule has 0 saturated heterocycles. The van der Waals surface area contributed by atoms with Gasteiger partial charge in [0.05, 0.1) is 6.54 Å². The maximum absolute atomic E-state index is 12.7. The molecular weight excluding hydrogens is 478 g/mol. The topological polar surface area (TPSA) is 56.2 Å². The van der Waals surface area contributed by atoms with E-state index in [9.17, 15) is 4.79 Å². The molecule has 1 heterocycles. The molecule has 0 fully saturated rings. The smallest absolute Gasteiger partial charge is 0.256 e. The van der Waals surface area contributed by atoms with Crippen LogP contribution in [0, 0.1) is 0 Å². The molecule has 5 nitrogen and oxygen atoms in total. The Morgan fingerprint density at radius 3 is 2.52 bits per heavy atom. The van der Waals surface area contributed by atoms with Gasteiger partial charge in [-0.25, -0.2) is 0 Å². The zero-order valence-electron chi connectivity index (χ0n) is 16.5. The molecule has 0 saturated carbocycles. The average molecular weight is 497 g/mol. The van der Waals surface area contributed by atoms with E-state index in [0.717, 1.165) is 21.3 Å². The summed E-state index contributed by atoms with van der Waals surface area (Å²) in [5.74, 6) is 0.810. The Morgan fingerprint density at radius 2 is 1.74 bits per heavy atom. The van der Waals surface area contributed by atoms with Gasteiger partial charge in [0.15, 0.2) is 5.82 Å². The molecule has 0 aliphatic carbocycles. The Balaban J connectivity index is 1.40. The summed E-state index contributed by atoms with van der Waals surface area (Å²) < 4.78 is 8.48. The fourth-order valence-electron chi connectivity index (χ4n) is 3.01. The van der Waals surface area contributed by atoms with Crippen molar-refractivity contribution in [3.05, 3.63) is 111 Å². The first-order chi connectivity index (χ1) is 15.1. The van der Waals surface area contributed by atoms with Gasteiger partial charge in [-0.05, 0) is 47.5 Å². The summed E-state index contributed by atoms with van der Waals surface area (Å²) in [7, 11) is 0. The molecular formula is C24H19BrClN3O2. The lowest BCUT2D eigenvalue weighted by molar-refractivity contribution is 0.102. The Hall–Kier alpha value is -3.09. The van der Waals surface area contributed by atoms with E-state index in [4.69, 9.17) is 16.3 Å². The van der Waals surface area contributed by atoms with Crippen molar-refractivity contribution in [2.45, 2.75) is 13.2 Å². The third kappa shape index (κ3) is 5.75. The van der Waals surface area contributed by atoms with Gasteiger partial charge >= 0.3 is 0 Å². The monoisotopic (exact) mass is 495 g/mol. The van der Waals surface area contributed by atoms with Gasteiger partial charge in [0.1, 0.15) is 17.4 Å². The molecule has 4 aromatic rings. The van der Waals surface area contributed by atoms with E-state index < -0.39 is 0 Å². The number of nitrogens with zero attached hydrogens (tertiary/aromatic N) is 2. The molecule has 0 spiro atoms. The van der Waals surface area contributed by atoms with Crippen molar-refractivity contribution >= 4 is 39.3 Å². The van der Waals surface area contributed by atoms with Crippen molar-refractivity contribution in [2.75, 3.05) is 5.32 Å². The highest BCUT2D eigenvalue weighted by molar-refractivity contribution is 9.10. The van der Waals surface area contributed by atoms with Gasteiger partial charge in [0, 0.05) is 16.2 Å². The van der Waals surface area contributed by atoms with E-state index in [1.54, 1.807) is 23.0 Å². The first-order valence-electron chi connectivity index (χ1n) is 9.62. The van der Waals surface area contributed by atoms with Crippen molar-refractivity contribution in [1.29, 1.82) is 0 Å². The van der Waals surface area contributed by atoms with Crippen LogP contribution in [0.1, 0.15) is 21.5 Å². The van der Waals surface area contributed by atoms with Crippen molar-refractivity contribution in [1.82, 2.24) is 9.78 Å². The summed E-state index contributed by atoms with van der Waals surface area (Å²) >= 11 is 9.68. The highest BCUT2D eigenvalue weighted by atomic mass is 79.9. The van der Waals surface area contributed by atoms with Crippen molar-refractivity contribution in [2.24, 2.45) is 0 Å². The first-order valence-corrected chi connectivity index (χ1v) is 10.8. The molecule has 1 N–H and O–H groups in total. The molecule has 4 rings (SSSR count). The van der Waals surface area contributed by atoms with E-state index >= 15 is 0 Å². The number of benzene rings is 3. The maximum atomic E-state index is 12.7. The molecule has 1 aromatic heterocycles. The number of anilines is 1. The van der Waals surface area contributed by atoms with Crippen molar-refractivity contribution in [3.8, 4) is 5.75 Å². The molecule has 0 aliphatic heterocycles. The number of rotatable bonds is 7. The quantitative estimate of drug-likeness (QED) is 0.332. The Bertz CT molecular complexity index is 1180. The second kappa shape index (κ2) is 9.81. The van der Waals surface area contributed by atoms with Crippen LogP contribution >= 0.6 is 27.5 Å². The van der Waals surface area contributed by atoms with E-state index in [2.05, 4.69) is 26.3 Å². The van der Waals surface area contributed by atoms with Gasteiger partial charge in [0.2, 0.25) is 0 Å². The van der Waals surface area contributed by atoms with Crippen LogP contribution < -0.4 is 10.1 Å². The highest BCUT2D eigenvalue weighted by Crippen LogP contribution is 2.22. The first kappa shape index (κ1) is 21.2. The summed E-state index contributed by atoms with van der Waals surface area (Å²) in [6.45, 7) is 0.925. The van der Waals surface area contributed by atoms with Gasteiger partial charge < -0.3 is 10.1 Å². The third-order valence-corrected chi connectivity index (χ3v) is 5.35. The minimum atomic E-state index is -0.280. The van der Waals surface area contributed by atoms with Gasteiger partial charge in [-0.3, -0.25) is 9.48 Å². The van der Waals surface area contributed by atoms with Crippen LogP contribution in [0.5, 0.6) is 5.75 Å². The summed E-state index contributed by atoms with van der Waals surface area (Å²) in [6.07, 6.45) is 1.70. The predicted molar refractivity (Wildman–Crippen MR) is 126 cm³/mol. The summed E-state index contributed by atoms with van der Waals surface area (Å²) in [5, 5.41) is 7.58. The molecule has 0 unspecified atom stereocenters. The Kier molecular flexibility index (Phi) is 6.70. The van der Waals surface area contributed by atoms with Crippen LogP contribution in [-0.4, -0.2) is 15.7 Å². The average Bonchev–Trinajstić information content (AvgIpc) is 3.12. The second-order valence-corrected chi connectivity index (χ2v) is 8.23. The summed E-state index contributed by atoms with van der Waals surface area (Å²) in [6, 6.07) is 24.8. The van der Waals surface area contributed by atoms with Crippen LogP contribution in [0.15, 0.2) is 89.5 Å². The van der Waals surface area contributed by atoms with E-state index in [1.807, 2.05) is 66.7 Å². The number of amides is 1. The van der Waals surface area contributed by atoms with Crippen molar-refractivity contribution in [3.63, 3.8) is 0 Å². The standard InChI is InChI=1S/C24H19BrClN3O2/c25-20-9-11-21(12-10-20)31-16-18-7-4-8-19(13-18)24(30)27-23-22(26)15-29(28-23)14-17-5-2-1-3-6-17/h1-13,15H,14,16H2,(H,27,28,30). The van der Waals surface area contributed by atoms with Crippen LogP contribution in [0.4, 0.5) is 5.82 Å². The van der Waals surface area contributed by atoms with Crippen LogP contribution in [-0.2, 0) is 13.2 Å². The molecule has 0 radical (unpaired) electrons. The number of aromatic nitrogens is 2. The fraction of sp³-hybridized carbons (Fsp3) is 0.0833. The molecule has 1 amide bonds. The largest absolute Gasteiger partial charge is 0.489 e. The van der Waals surface area contributed by atoms with Crippen LogP contribution in [0.25, 0.3) is 0 Å². The molecule has 0 atom stereocenters. The zero-order chi connectivity index (χ0) is 21.6. The minimum Gasteiger partial charge on any atom is -0.489 e. The number of ether oxygens (including phenoxy) is 1. The number of hydrogen-bond acceptors (Lipinski definition) is 3. The van der Waals surface area contributed by atoms with Gasteiger partial charge in [-0.2, -0.15) is 5.10 Å². The number of carbonyl (C=O) groups excluding carboxylic acids is 1. The molecule has 31 heavy (non-hydrogen) atoms.